The number of ether oxygens (including phenoxy) is 2. The zero-order chi connectivity index (χ0) is 18.2. The molecule has 25 heavy (non-hydrogen) atoms. The summed E-state index contributed by atoms with van der Waals surface area (Å²) in [5, 5.41) is 12.9. The third-order valence-electron chi connectivity index (χ3n) is 3.17. The van der Waals surface area contributed by atoms with Crippen LogP contribution >= 0.6 is 0 Å². The third kappa shape index (κ3) is 4.77. The van der Waals surface area contributed by atoms with Gasteiger partial charge in [0.15, 0.2) is 17.6 Å². The van der Waals surface area contributed by atoms with Crippen molar-refractivity contribution < 1.29 is 24.2 Å². The van der Waals surface area contributed by atoms with Crippen molar-refractivity contribution in [2.75, 3.05) is 7.11 Å². The molecule has 0 fully saturated rings. The quantitative estimate of drug-likeness (QED) is 0.585. The van der Waals surface area contributed by atoms with Gasteiger partial charge in [-0.3, -0.25) is 9.78 Å². The van der Waals surface area contributed by atoms with Crippen molar-refractivity contribution in [3.8, 4) is 11.5 Å². The number of methoxy groups -OCH3 is 1. The van der Waals surface area contributed by atoms with Gasteiger partial charge in [0.2, 0.25) is 0 Å². The van der Waals surface area contributed by atoms with Crippen LogP contribution in [0.15, 0.2) is 47.8 Å². The van der Waals surface area contributed by atoms with Crippen LogP contribution in [0.2, 0.25) is 0 Å². The zero-order valence-electron chi connectivity index (χ0n) is 13.7. The van der Waals surface area contributed by atoms with Crippen LogP contribution < -0.4 is 14.9 Å². The summed E-state index contributed by atoms with van der Waals surface area (Å²) >= 11 is 0. The smallest absolute Gasteiger partial charge is 0.344 e. The molecule has 130 valence electrons. The molecule has 2 aromatic rings. The summed E-state index contributed by atoms with van der Waals surface area (Å²) in [7, 11) is 1.44. The van der Waals surface area contributed by atoms with Crippen molar-refractivity contribution >= 4 is 18.1 Å². The van der Waals surface area contributed by atoms with Crippen molar-refractivity contribution in [2.24, 2.45) is 5.10 Å². The topological polar surface area (TPSA) is 110 Å². The predicted octanol–water partition coefficient (Wildman–Crippen LogP) is 1.71. The van der Waals surface area contributed by atoms with Crippen molar-refractivity contribution in [2.45, 2.75) is 13.0 Å². The number of nitrogens with zero attached hydrogens (tertiary/aromatic N) is 2. The summed E-state index contributed by atoms with van der Waals surface area (Å²) in [6, 6.07) is 8.23. The Morgan fingerprint density at radius 3 is 2.76 bits per heavy atom. The SMILES string of the molecule is COc1cccc(/C=N/NC(=O)c2cccnc2)c1OC(C)C(=O)O. The van der Waals surface area contributed by atoms with E-state index in [-0.39, 0.29) is 5.75 Å². The number of carbonyl (C=O) groups is 2. The van der Waals surface area contributed by atoms with Gasteiger partial charge in [0.1, 0.15) is 0 Å². The first-order valence-electron chi connectivity index (χ1n) is 7.32. The number of para-hydroxylation sites is 1. The summed E-state index contributed by atoms with van der Waals surface area (Å²) in [4.78, 5) is 26.8. The first-order chi connectivity index (χ1) is 12.0. The highest BCUT2D eigenvalue weighted by molar-refractivity contribution is 5.95. The Morgan fingerprint density at radius 1 is 1.32 bits per heavy atom. The van der Waals surface area contributed by atoms with Crippen molar-refractivity contribution in [3.05, 3.63) is 53.9 Å². The van der Waals surface area contributed by atoms with E-state index in [2.05, 4.69) is 15.5 Å². The average Bonchev–Trinajstić information content (AvgIpc) is 2.63. The lowest BCUT2D eigenvalue weighted by Gasteiger charge is -2.15. The first-order valence-corrected chi connectivity index (χ1v) is 7.32. The van der Waals surface area contributed by atoms with Crippen molar-refractivity contribution in [3.63, 3.8) is 0 Å². The minimum absolute atomic E-state index is 0.222. The Morgan fingerprint density at radius 2 is 2.12 bits per heavy atom. The van der Waals surface area contributed by atoms with E-state index in [4.69, 9.17) is 14.6 Å². The number of aliphatic carboxylic acids is 1. The van der Waals surface area contributed by atoms with Crippen LogP contribution in [0.3, 0.4) is 0 Å². The molecule has 1 aromatic heterocycles. The van der Waals surface area contributed by atoms with Gasteiger partial charge in [0, 0.05) is 18.0 Å². The molecule has 1 unspecified atom stereocenters. The lowest BCUT2D eigenvalue weighted by atomic mass is 10.2. The van der Waals surface area contributed by atoms with Crippen LogP contribution in [-0.2, 0) is 4.79 Å². The highest BCUT2D eigenvalue weighted by Crippen LogP contribution is 2.31. The fourth-order valence-electron chi connectivity index (χ4n) is 1.87. The minimum atomic E-state index is -1.11. The molecule has 1 atom stereocenters. The number of carboxylic acids is 1. The van der Waals surface area contributed by atoms with Gasteiger partial charge in [0.05, 0.1) is 18.9 Å². The summed E-state index contributed by atoms with van der Waals surface area (Å²) in [6.45, 7) is 1.40. The number of amides is 1. The van der Waals surface area contributed by atoms with Gasteiger partial charge >= 0.3 is 5.97 Å². The van der Waals surface area contributed by atoms with Crippen LogP contribution in [0.5, 0.6) is 11.5 Å². The number of carbonyl (C=O) groups excluding carboxylic acids is 1. The van der Waals surface area contributed by atoms with Gasteiger partial charge in [0.25, 0.3) is 5.91 Å². The predicted molar refractivity (Wildman–Crippen MR) is 90.0 cm³/mol. The maximum Gasteiger partial charge on any atom is 0.344 e. The number of hydrazone groups is 1. The van der Waals surface area contributed by atoms with Gasteiger partial charge in [-0.25, -0.2) is 10.2 Å². The van der Waals surface area contributed by atoms with Crippen LogP contribution in [0.1, 0.15) is 22.8 Å². The summed E-state index contributed by atoms with van der Waals surface area (Å²) in [5.74, 6) is -0.956. The lowest BCUT2D eigenvalue weighted by molar-refractivity contribution is -0.144. The van der Waals surface area contributed by atoms with E-state index in [9.17, 15) is 9.59 Å². The highest BCUT2D eigenvalue weighted by Gasteiger charge is 2.18. The van der Waals surface area contributed by atoms with Crippen LogP contribution in [0, 0.1) is 0 Å². The van der Waals surface area contributed by atoms with Crippen LogP contribution in [-0.4, -0.2) is 41.4 Å². The molecule has 1 aromatic carbocycles. The summed E-state index contributed by atoms with van der Waals surface area (Å²) in [5.41, 5.74) is 3.19. The standard InChI is InChI=1S/C17H17N3O5/c1-11(17(22)23)25-15-12(5-3-7-14(15)24-2)10-19-20-16(21)13-6-4-8-18-9-13/h3-11H,1-2H3,(H,20,21)(H,22,23)/b19-10+. The Labute approximate surface area is 144 Å². The fraction of sp³-hybridized carbons (Fsp3) is 0.176. The van der Waals surface area contributed by atoms with E-state index >= 15 is 0 Å². The maximum atomic E-state index is 11.9. The van der Waals surface area contributed by atoms with Gasteiger partial charge in [-0.15, -0.1) is 0 Å². The molecule has 0 aliphatic rings. The fourth-order valence-corrected chi connectivity index (χ4v) is 1.87. The number of hydrogen-bond acceptors (Lipinski definition) is 6. The van der Waals surface area contributed by atoms with Crippen LogP contribution in [0.4, 0.5) is 0 Å². The van der Waals surface area contributed by atoms with E-state index < -0.39 is 18.0 Å². The van der Waals surface area contributed by atoms with E-state index in [0.29, 0.717) is 16.9 Å². The molecule has 0 saturated carbocycles. The van der Waals surface area contributed by atoms with Gasteiger partial charge in [-0.05, 0) is 31.2 Å². The summed E-state index contributed by atoms with van der Waals surface area (Å²) < 4.78 is 10.6. The molecule has 0 radical (unpaired) electrons. The molecular weight excluding hydrogens is 326 g/mol. The molecule has 2 rings (SSSR count). The molecule has 0 aliphatic heterocycles. The van der Waals surface area contributed by atoms with Crippen molar-refractivity contribution in [1.29, 1.82) is 0 Å². The molecule has 0 saturated heterocycles. The lowest BCUT2D eigenvalue weighted by Crippen LogP contribution is -2.24. The van der Waals surface area contributed by atoms with Gasteiger partial charge in [-0.1, -0.05) is 6.07 Å². The number of pyridine rings is 1. The van der Waals surface area contributed by atoms with E-state index in [1.165, 1.54) is 26.4 Å². The molecule has 0 aliphatic carbocycles. The van der Waals surface area contributed by atoms with E-state index in [0.717, 1.165) is 0 Å². The second-order valence-corrected chi connectivity index (χ2v) is 4.92. The number of aromatic nitrogens is 1. The molecule has 1 heterocycles. The molecule has 0 bridgehead atoms. The van der Waals surface area contributed by atoms with Gasteiger partial charge < -0.3 is 14.6 Å². The van der Waals surface area contributed by atoms with Crippen molar-refractivity contribution in [1.82, 2.24) is 10.4 Å². The molecule has 8 heteroatoms. The third-order valence-corrected chi connectivity index (χ3v) is 3.17. The number of benzene rings is 1. The van der Waals surface area contributed by atoms with Gasteiger partial charge in [-0.2, -0.15) is 5.10 Å². The second-order valence-electron chi connectivity index (χ2n) is 4.92. The minimum Gasteiger partial charge on any atom is -0.493 e. The monoisotopic (exact) mass is 343 g/mol. The second kappa shape index (κ2) is 8.44. The number of rotatable bonds is 7. The molecule has 1 amide bonds. The first kappa shape index (κ1) is 17.9. The number of carboxylic acid groups (broad SMARTS) is 1. The highest BCUT2D eigenvalue weighted by atomic mass is 16.5. The molecular formula is C17H17N3O5. The van der Waals surface area contributed by atoms with Crippen LogP contribution in [0.25, 0.3) is 0 Å². The molecule has 2 N–H and O–H groups in total. The maximum absolute atomic E-state index is 11.9. The number of nitrogens with one attached hydrogen (secondary N) is 1. The Hall–Kier alpha value is -3.42. The molecule has 0 spiro atoms. The Balaban J connectivity index is 2.18. The largest absolute Gasteiger partial charge is 0.493 e. The average molecular weight is 343 g/mol. The Bertz CT molecular complexity index is 777. The normalized spacial score (nSPS) is 11.8. The summed E-state index contributed by atoms with van der Waals surface area (Å²) in [6.07, 6.45) is 3.25. The zero-order valence-corrected chi connectivity index (χ0v) is 13.7. The Kier molecular flexibility index (Phi) is 6.05. The van der Waals surface area contributed by atoms with E-state index in [1.54, 1.807) is 36.5 Å². The molecule has 8 nitrogen and oxygen atoms in total. The number of hydrogen-bond donors (Lipinski definition) is 2. The van der Waals surface area contributed by atoms with E-state index in [1.807, 2.05) is 0 Å².